The van der Waals surface area contributed by atoms with Crippen molar-refractivity contribution in [2.75, 3.05) is 27.8 Å². The van der Waals surface area contributed by atoms with E-state index in [0.717, 1.165) is 17.8 Å². The van der Waals surface area contributed by atoms with Crippen LogP contribution in [0, 0.1) is 0 Å². The molecule has 1 saturated heterocycles. The summed E-state index contributed by atoms with van der Waals surface area (Å²) in [6, 6.07) is 14.4. The molecule has 1 aliphatic rings. The third-order valence-electron chi connectivity index (χ3n) is 3.71. The van der Waals surface area contributed by atoms with Gasteiger partial charge < -0.3 is 5.32 Å². The Bertz CT molecular complexity index is 894. The van der Waals surface area contributed by atoms with Crippen molar-refractivity contribution in [3.63, 3.8) is 0 Å². The third-order valence-corrected chi connectivity index (χ3v) is 7.32. The molecule has 0 spiro atoms. The minimum Gasteiger partial charge on any atom is -0.322 e. The van der Waals surface area contributed by atoms with Crippen LogP contribution in [0.1, 0.15) is 26.9 Å². The molecule has 3 rings (SSSR count). The standard InChI is InChI=1S/C18H20N2O3S3/c1-26(22,23)20-16-9-3-2-8-15(16)17(21)19-14-7-4-6-13(12-14)18-24-10-5-11-25-18/h2-4,6-9,12,18,20H,5,10-11H2,1H3,(H,19,21). The number of thioether (sulfide) groups is 2. The highest BCUT2D eigenvalue weighted by atomic mass is 32.2. The van der Waals surface area contributed by atoms with E-state index in [4.69, 9.17) is 0 Å². The lowest BCUT2D eigenvalue weighted by Crippen LogP contribution is -2.17. The summed E-state index contributed by atoms with van der Waals surface area (Å²) >= 11 is 3.85. The van der Waals surface area contributed by atoms with Crippen molar-refractivity contribution in [1.82, 2.24) is 0 Å². The molecule has 0 saturated carbocycles. The van der Waals surface area contributed by atoms with Crippen LogP contribution in [0.3, 0.4) is 0 Å². The number of rotatable bonds is 5. The van der Waals surface area contributed by atoms with Crippen molar-refractivity contribution < 1.29 is 13.2 Å². The van der Waals surface area contributed by atoms with Gasteiger partial charge in [0.2, 0.25) is 10.0 Å². The third kappa shape index (κ3) is 5.18. The normalized spacial score (nSPS) is 15.4. The van der Waals surface area contributed by atoms with E-state index < -0.39 is 10.0 Å². The van der Waals surface area contributed by atoms with E-state index in [1.165, 1.54) is 12.0 Å². The number of amides is 1. The van der Waals surface area contributed by atoms with Gasteiger partial charge in [-0.1, -0.05) is 24.3 Å². The van der Waals surface area contributed by atoms with Crippen molar-refractivity contribution in [3.05, 3.63) is 59.7 Å². The first-order valence-electron chi connectivity index (χ1n) is 8.14. The number of anilines is 2. The average Bonchev–Trinajstić information content (AvgIpc) is 2.62. The topological polar surface area (TPSA) is 75.3 Å². The number of hydrogen-bond donors (Lipinski definition) is 2. The van der Waals surface area contributed by atoms with Crippen molar-refractivity contribution in [2.45, 2.75) is 11.0 Å². The molecule has 1 heterocycles. The van der Waals surface area contributed by atoms with E-state index in [2.05, 4.69) is 16.1 Å². The minimum atomic E-state index is -3.46. The molecule has 1 fully saturated rings. The summed E-state index contributed by atoms with van der Waals surface area (Å²) in [5.41, 5.74) is 2.43. The van der Waals surface area contributed by atoms with E-state index in [-0.39, 0.29) is 17.2 Å². The number of carbonyl (C=O) groups is 1. The van der Waals surface area contributed by atoms with Crippen LogP contribution in [0.4, 0.5) is 11.4 Å². The van der Waals surface area contributed by atoms with Crippen molar-refractivity contribution >= 4 is 50.8 Å². The number of carbonyl (C=O) groups excluding carboxylic acids is 1. The smallest absolute Gasteiger partial charge is 0.257 e. The predicted octanol–water partition coefficient (Wildman–Crippen LogP) is 4.18. The molecular formula is C18H20N2O3S3. The van der Waals surface area contributed by atoms with Gasteiger partial charge in [0, 0.05) is 5.69 Å². The fourth-order valence-corrected chi connectivity index (χ4v) is 6.06. The summed E-state index contributed by atoms with van der Waals surface area (Å²) in [5, 5.41) is 2.87. The highest BCUT2D eigenvalue weighted by molar-refractivity contribution is 8.16. The molecule has 0 bridgehead atoms. The molecule has 26 heavy (non-hydrogen) atoms. The summed E-state index contributed by atoms with van der Waals surface area (Å²) in [6.07, 6.45) is 2.29. The van der Waals surface area contributed by atoms with E-state index in [1.54, 1.807) is 24.3 Å². The first kappa shape index (κ1) is 19.1. The second-order valence-electron chi connectivity index (χ2n) is 5.93. The van der Waals surface area contributed by atoms with Gasteiger partial charge in [-0.2, -0.15) is 0 Å². The highest BCUT2D eigenvalue weighted by Crippen LogP contribution is 2.44. The van der Waals surface area contributed by atoms with Crippen LogP contribution in [-0.2, 0) is 10.0 Å². The Kier molecular flexibility index (Phi) is 6.16. The number of nitrogens with one attached hydrogen (secondary N) is 2. The summed E-state index contributed by atoms with van der Waals surface area (Å²) < 4.78 is 25.8. The molecule has 2 N–H and O–H groups in total. The molecule has 138 valence electrons. The largest absolute Gasteiger partial charge is 0.322 e. The molecule has 0 aromatic heterocycles. The quantitative estimate of drug-likeness (QED) is 0.776. The fourth-order valence-electron chi connectivity index (χ4n) is 2.61. The summed E-state index contributed by atoms with van der Waals surface area (Å²) in [6.45, 7) is 0. The first-order valence-corrected chi connectivity index (χ1v) is 12.1. The van der Waals surface area contributed by atoms with Crippen molar-refractivity contribution in [3.8, 4) is 0 Å². The van der Waals surface area contributed by atoms with Crippen molar-refractivity contribution in [2.24, 2.45) is 0 Å². The Morgan fingerprint density at radius 1 is 1.08 bits per heavy atom. The lowest BCUT2D eigenvalue weighted by Gasteiger charge is -2.21. The predicted molar refractivity (Wildman–Crippen MR) is 112 cm³/mol. The monoisotopic (exact) mass is 408 g/mol. The van der Waals surface area contributed by atoms with Gasteiger partial charge in [0.25, 0.3) is 5.91 Å². The molecule has 8 heteroatoms. The van der Waals surface area contributed by atoms with Gasteiger partial charge in [-0.25, -0.2) is 8.42 Å². The Morgan fingerprint density at radius 3 is 2.54 bits per heavy atom. The lowest BCUT2D eigenvalue weighted by molar-refractivity contribution is 0.102. The van der Waals surface area contributed by atoms with Crippen LogP contribution >= 0.6 is 23.5 Å². The van der Waals surface area contributed by atoms with Crippen LogP contribution in [-0.4, -0.2) is 32.1 Å². The second kappa shape index (κ2) is 8.37. The number of sulfonamides is 1. The zero-order valence-electron chi connectivity index (χ0n) is 14.3. The molecule has 2 aromatic rings. The van der Waals surface area contributed by atoms with Crippen LogP contribution < -0.4 is 10.0 Å². The van der Waals surface area contributed by atoms with Crippen LogP contribution in [0.15, 0.2) is 48.5 Å². The minimum absolute atomic E-state index is 0.266. The highest BCUT2D eigenvalue weighted by Gasteiger charge is 2.18. The van der Waals surface area contributed by atoms with Gasteiger partial charge in [0.05, 0.1) is 22.1 Å². The fraction of sp³-hybridized carbons (Fsp3) is 0.278. The van der Waals surface area contributed by atoms with E-state index in [9.17, 15) is 13.2 Å². The lowest BCUT2D eigenvalue weighted by atomic mass is 10.1. The summed E-state index contributed by atoms with van der Waals surface area (Å²) in [5.74, 6) is 1.95. The number of benzene rings is 2. The van der Waals surface area contributed by atoms with E-state index in [1.807, 2.05) is 41.7 Å². The van der Waals surface area contributed by atoms with Gasteiger partial charge in [-0.3, -0.25) is 9.52 Å². The van der Waals surface area contributed by atoms with E-state index in [0.29, 0.717) is 10.3 Å². The van der Waals surface area contributed by atoms with Crippen LogP contribution in [0.25, 0.3) is 0 Å². The Balaban J connectivity index is 1.78. The molecule has 0 unspecified atom stereocenters. The van der Waals surface area contributed by atoms with Gasteiger partial charge in [0.1, 0.15) is 0 Å². The molecule has 0 atom stereocenters. The Morgan fingerprint density at radius 2 is 1.81 bits per heavy atom. The Labute approximate surface area is 162 Å². The van der Waals surface area contributed by atoms with Gasteiger partial charge in [-0.05, 0) is 47.8 Å². The Hall–Kier alpha value is -1.64. The molecular weight excluding hydrogens is 388 g/mol. The molecule has 1 amide bonds. The zero-order valence-corrected chi connectivity index (χ0v) is 16.7. The molecule has 0 aliphatic carbocycles. The second-order valence-corrected chi connectivity index (χ2v) is 10.4. The maximum absolute atomic E-state index is 12.7. The van der Waals surface area contributed by atoms with Gasteiger partial charge in [-0.15, -0.1) is 23.5 Å². The van der Waals surface area contributed by atoms with Gasteiger partial charge in [0.15, 0.2) is 0 Å². The van der Waals surface area contributed by atoms with Crippen LogP contribution in [0.2, 0.25) is 0 Å². The van der Waals surface area contributed by atoms with Gasteiger partial charge >= 0.3 is 0 Å². The maximum atomic E-state index is 12.7. The maximum Gasteiger partial charge on any atom is 0.257 e. The SMILES string of the molecule is CS(=O)(=O)Nc1ccccc1C(=O)Nc1cccc(C2SCCCS2)c1. The van der Waals surface area contributed by atoms with Crippen molar-refractivity contribution in [1.29, 1.82) is 0 Å². The molecule has 5 nitrogen and oxygen atoms in total. The average molecular weight is 409 g/mol. The van der Waals surface area contributed by atoms with E-state index >= 15 is 0 Å². The number of para-hydroxylation sites is 1. The van der Waals surface area contributed by atoms with Crippen LogP contribution in [0.5, 0.6) is 0 Å². The molecule has 1 aliphatic heterocycles. The molecule has 0 radical (unpaired) electrons. The summed E-state index contributed by atoms with van der Waals surface area (Å²) in [4.78, 5) is 12.7. The number of hydrogen-bond acceptors (Lipinski definition) is 5. The molecule has 2 aromatic carbocycles. The first-order chi connectivity index (χ1) is 12.4. The zero-order chi connectivity index (χ0) is 18.6. The summed E-state index contributed by atoms with van der Waals surface area (Å²) in [7, 11) is -3.46.